The molecule has 1 aromatic carbocycles. The van der Waals surface area contributed by atoms with Crippen molar-refractivity contribution in [2.24, 2.45) is 0 Å². The molecule has 0 aliphatic carbocycles. The Labute approximate surface area is 151 Å². The van der Waals surface area contributed by atoms with Gasteiger partial charge in [0.25, 0.3) is 0 Å². The zero-order valence-electron chi connectivity index (χ0n) is 16.2. The highest BCUT2D eigenvalue weighted by molar-refractivity contribution is 7.99. The van der Waals surface area contributed by atoms with Crippen LogP contribution in [0.2, 0.25) is 0 Å². The second-order valence-electron chi connectivity index (χ2n) is 6.62. The van der Waals surface area contributed by atoms with E-state index in [1.165, 1.54) is 32.8 Å². The highest BCUT2D eigenvalue weighted by Gasteiger charge is 2.15. The van der Waals surface area contributed by atoms with E-state index < -0.39 is 0 Å². The molecule has 0 spiro atoms. The van der Waals surface area contributed by atoms with Crippen molar-refractivity contribution in [1.29, 1.82) is 0 Å². The van der Waals surface area contributed by atoms with Gasteiger partial charge in [0.2, 0.25) is 0 Å². The Morgan fingerprint density at radius 2 is 1.58 bits per heavy atom. The Bertz CT molecular complexity index is 699. The molecule has 0 saturated carbocycles. The number of aromatic nitrogens is 1. The van der Waals surface area contributed by atoms with Gasteiger partial charge < -0.3 is 4.90 Å². The molecule has 0 unspecified atom stereocenters. The SMILES string of the molecule is CCCN(CC)c1cc(C)nc(Sc2c(C)cc(C)cc2C)c1C. The third-order valence-electron chi connectivity index (χ3n) is 4.35. The molecule has 0 atom stereocenters. The number of benzene rings is 1. The first-order valence-electron chi connectivity index (χ1n) is 8.86. The standard InChI is InChI=1S/C21H30N2S/c1-8-10-23(9-2)19-13-17(6)22-21(18(19)7)24-20-15(4)11-14(3)12-16(20)5/h11-13H,8-10H2,1-7H3. The van der Waals surface area contributed by atoms with E-state index in [1.54, 1.807) is 0 Å². The molecule has 2 aromatic rings. The van der Waals surface area contributed by atoms with Crippen molar-refractivity contribution in [2.45, 2.75) is 64.8 Å². The number of anilines is 1. The minimum atomic E-state index is 1.03. The predicted octanol–water partition coefficient (Wildman–Crippen LogP) is 6.01. The van der Waals surface area contributed by atoms with E-state index >= 15 is 0 Å². The molecule has 0 fully saturated rings. The van der Waals surface area contributed by atoms with Crippen LogP contribution in [0.3, 0.4) is 0 Å². The largest absolute Gasteiger partial charge is 0.371 e. The Kier molecular flexibility index (Phi) is 6.34. The second-order valence-corrected chi connectivity index (χ2v) is 7.62. The average molecular weight is 343 g/mol. The summed E-state index contributed by atoms with van der Waals surface area (Å²) in [6, 6.07) is 6.75. The van der Waals surface area contributed by atoms with Crippen LogP contribution in [-0.2, 0) is 0 Å². The summed E-state index contributed by atoms with van der Waals surface area (Å²) in [4.78, 5) is 8.65. The highest BCUT2D eigenvalue weighted by Crippen LogP contribution is 2.37. The van der Waals surface area contributed by atoms with Crippen molar-refractivity contribution in [2.75, 3.05) is 18.0 Å². The molecule has 24 heavy (non-hydrogen) atoms. The lowest BCUT2D eigenvalue weighted by Gasteiger charge is -2.26. The summed E-state index contributed by atoms with van der Waals surface area (Å²) in [7, 11) is 0. The average Bonchev–Trinajstić information content (AvgIpc) is 2.51. The quantitative estimate of drug-likeness (QED) is 0.639. The Balaban J connectivity index is 2.47. The van der Waals surface area contributed by atoms with Gasteiger partial charge in [0, 0.05) is 34.9 Å². The van der Waals surface area contributed by atoms with Crippen LogP contribution >= 0.6 is 11.8 Å². The van der Waals surface area contributed by atoms with Crippen LogP contribution in [0.1, 0.15) is 48.2 Å². The number of aryl methyl sites for hydroxylation is 4. The number of hydrogen-bond acceptors (Lipinski definition) is 3. The fourth-order valence-electron chi connectivity index (χ4n) is 3.26. The number of nitrogens with zero attached hydrogens (tertiary/aromatic N) is 2. The smallest absolute Gasteiger partial charge is 0.106 e. The van der Waals surface area contributed by atoms with Gasteiger partial charge >= 0.3 is 0 Å². The van der Waals surface area contributed by atoms with Crippen LogP contribution in [0.5, 0.6) is 0 Å². The first kappa shape index (κ1) is 18.9. The lowest BCUT2D eigenvalue weighted by Crippen LogP contribution is -2.24. The van der Waals surface area contributed by atoms with Gasteiger partial charge in [-0.05, 0) is 65.2 Å². The van der Waals surface area contributed by atoms with Crippen LogP contribution in [0.25, 0.3) is 0 Å². The van der Waals surface area contributed by atoms with Crippen LogP contribution in [0.15, 0.2) is 28.1 Å². The van der Waals surface area contributed by atoms with Gasteiger partial charge in [-0.15, -0.1) is 0 Å². The van der Waals surface area contributed by atoms with E-state index in [0.29, 0.717) is 0 Å². The molecular formula is C21H30N2S. The first-order valence-corrected chi connectivity index (χ1v) is 9.67. The molecule has 2 nitrogen and oxygen atoms in total. The number of pyridine rings is 1. The van der Waals surface area contributed by atoms with Crippen LogP contribution in [0, 0.1) is 34.6 Å². The molecule has 0 saturated heterocycles. The molecule has 3 heteroatoms. The molecule has 0 radical (unpaired) electrons. The van der Waals surface area contributed by atoms with E-state index in [1.807, 2.05) is 11.8 Å². The molecule has 0 aliphatic heterocycles. The monoisotopic (exact) mass is 342 g/mol. The van der Waals surface area contributed by atoms with Crippen molar-refractivity contribution in [3.05, 3.63) is 46.1 Å². The van der Waals surface area contributed by atoms with Gasteiger partial charge in [-0.1, -0.05) is 36.4 Å². The van der Waals surface area contributed by atoms with E-state index in [4.69, 9.17) is 4.98 Å². The van der Waals surface area contributed by atoms with Gasteiger partial charge in [-0.25, -0.2) is 4.98 Å². The summed E-state index contributed by atoms with van der Waals surface area (Å²) in [6.07, 6.45) is 1.16. The Hall–Kier alpha value is -1.48. The van der Waals surface area contributed by atoms with Gasteiger partial charge in [-0.2, -0.15) is 0 Å². The molecular weight excluding hydrogens is 312 g/mol. The summed E-state index contributed by atoms with van der Waals surface area (Å²) >= 11 is 1.81. The molecule has 0 bridgehead atoms. The topological polar surface area (TPSA) is 16.1 Å². The van der Waals surface area contributed by atoms with Crippen LogP contribution < -0.4 is 4.90 Å². The van der Waals surface area contributed by atoms with Crippen LogP contribution in [-0.4, -0.2) is 18.1 Å². The molecule has 130 valence electrons. The third-order valence-corrected chi connectivity index (χ3v) is 5.79. The lowest BCUT2D eigenvalue weighted by atomic mass is 10.1. The molecule has 2 rings (SSSR count). The normalized spacial score (nSPS) is 11.0. The van der Waals surface area contributed by atoms with Gasteiger partial charge in [0.15, 0.2) is 0 Å². The highest BCUT2D eigenvalue weighted by atomic mass is 32.2. The van der Waals surface area contributed by atoms with Crippen molar-refractivity contribution in [3.8, 4) is 0 Å². The van der Waals surface area contributed by atoms with Crippen molar-refractivity contribution in [3.63, 3.8) is 0 Å². The first-order chi connectivity index (χ1) is 11.4. The van der Waals surface area contributed by atoms with Crippen molar-refractivity contribution >= 4 is 17.4 Å². The van der Waals surface area contributed by atoms with Crippen LogP contribution in [0.4, 0.5) is 5.69 Å². The predicted molar refractivity (Wildman–Crippen MR) is 107 cm³/mol. The molecule has 0 aliphatic rings. The molecule has 1 heterocycles. The van der Waals surface area contributed by atoms with E-state index in [9.17, 15) is 0 Å². The molecule has 0 N–H and O–H groups in total. The second kappa shape index (κ2) is 8.06. The van der Waals surface area contributed by atoms with E-state index in [0.717, 1.165) is 30.2 Å². The molecule has 0 amide bonds. The van der Waals surface area contributed by atoms with E-state index in [2.05, 4.69) is 71.6 Å². The van der Waals surface area contributed by atoms with Gasteiger partial charge in [-0.3, -0.25) is 0 Å². The van der Waals surface area contributed by atoms with Gasteiger partial charge in [0.1, 0.15) is 5.03 Å². The maximum absolute atomic E-state index is 4.85. The molecule has 1 aromatic heterocycles. The van der Waals surface area contributed by atoms with Crippen molar-refractivity contribution in [1.82, 2.24) is 4.98 Å². The third kappa shape index (κ3) is 4.13. The minimum Gasteiger partial charge on any atom is -0.371 e. The zero-order chi connectivity index (χ0) is 17.9. The minimum absolute atomic E-state index is 1.03. The summed E-state index contributed by atoms with van der Waals surface area (Å²) < 4.78 is 0. The number of rotatable bonds is 6. The lowest BCUT2D eigenvalue weighted by molar-refractivity contribution is 0.782. The summed E-state index contributed by atoms with van der Waals surface area (Å²) in [6.45, 7) is 17.5. The van der Waals surface area contributed by atoms with Gasteiger partial charge in [0.05, 0.1) is 0 Å². The summed E-state index contributed by atoms with van der Waals surface area (Å²) in [5.41, 5.74) is 7.71. The Morgan fingerprint density at radius 1 is 0.958 bits per heavy atom. The zero-order valence-corrected chi connectivity index (χ0v) is 17.0. The summed E-state index contributed by atoms with van der Waals surface area (Å²) in [5, 5.41) is 1.13. The fourth-order valence-corrected chi connectivity index (χ4v) is 4.34. The maximum atomic E-state index is 4.85. The Morgan fingerprint density at radius 3 is 2.12 bits per heavy atom. The summed E-state index contributed by atoms with van der Waals surface area (Å²) in [5.74, 6) is 0. The van der Waals surface area contributed by atoms with Crippen molar-refractivity contribution < 1.29 is 0 Å². The fraction of sp³-hybridized carbons (Fsp3) is 0.476. The number of hydrogen-bond donors (Lipinski definition) is 0. The van der Waals surface area contributed by atoms with E-state index in [-0.39, 0.29) is 0 Å². The maximum Gasteiger partial charge on any atom is 0.106 e.